The summed E-state index contributed by atoms with van der Waals surface area (Å²) >= 11 is 0. The van der Waals surface area contributed by atoms with Crippen LogP contribution < -0.4 is 16.0 Å². The normalized spacial score (nSPS) is 9.81. The van der Waals surface area contributed by atoms with Crippen molar-refractivity contribution >= 4 is 29.4 Å². The lowest BCUT2D eigenvalue weighted by Crippen LogP contribution is -2.31. The number of benzene rings is 1. The Bertz CT molecular complexity index is 670. The van der Waals surface area contributed by atoms with Crippen LogP contribution in [-0.4, -0.2) is 43.9 Å². The molecule has 1 rings (SSSR count). The quantitative estimate of drug-likeness (QED) is 0.393. The fourth-order valence-electron chi connectivity index (χ4n) is 2.10. The zero-order valence-corrected chi connectivity index (χ0v) is 15.4. The minimum Gasteiger partial charge on any atom is -0.469 e. The first-order valence-corrected chi connectivity index (χ1v) is 8.57. The molecule has 0 bridgehead atoms. The average Bonchev–Trinajstić information content (AvgIpc) is 2.67. The van der Waals surface area contributed by atoms with Gasteiger partial charge in [-0.05, 0) is 30.2 Å². The Morgan fingerprint density at radius 3 is 2.15 bits per heavy atom. The fraction of sp³-hybridized carbons (Fsp3) is 0.368. The van der Waals surface area contributed by atoms with Gasteiger partial charge in [0.1, 0.15) is 0 Å². The number of amides is 3. The van der Waals surface area contributed by atoms with Gasteiger partial charge < -0.3 is 20.7 Å². The summed E-state index contributed by atoms with van der Waals surface area (Å²) in [5, 5.41) is 7.90. The van der Waals surface area contributed by atoms with Crippen LogP contribution in [0.15, 0.2) is 36.9 Å². The first-order chi connectivity index (χ1) is 12.9. The first kappa shape index (κ1) is 21.9. The number of ether oxygens (including phenoxy) is 1. The van der Waals surface area contributed by atoms with Gasteiger partial charge in [-0.2, -0.15) is 0 Å². The highest BCUT2D eigenvalue weighted by Gasteiger charge is 2.06. The molecule has 8 heteroatoms. The van der Waals surface area contributed by atoms with Crippen molar-refractivity contribution in [3.05, 3.63) is 42.5 Å². The maximum Gasteiger partial charge on any atom is 0.307 e. The van der Waals surface area contributed by atoms with Crippen LogP contribution in [0.5, 0.6) is 0 Å². The van der Waals surface area contributed by atoms with Gasteiger partial charge in [0.15, 0.2) is 0 Å². The van der Waals surface area contributed by atoms with E-state index in [9.17, 15) is 19.2 Å². The Morgan fingerprint density at radius 2 is 1.56 bits per heavy atom. The third kappa shape index (κ3) is 9.78. The summed E-state index contributed by atoms with van der Waals surface area (Å²) in [6.07, 6.45) is 2.29. The molecule has 0 aromatic heterocycles. The molecule has 0 unspecified atom stereocenters. The molecule has 0 saturated carbocycles. The van der Waals surface area contributed by atoms with Crippen molar-refractivity contribution in [2.24, 2.45) is 0 Å². The van der Waals surface area contributed by atoms with Crippen LogP contribution in [0.4, 0.5) is 5.69 Å². The highest BCUT2D eigenvalue weighted by molar-refractivity contribution is 5.98. The van der Waals surface area contributed by atoms with Gasteiger partial charge in [-0.3, -0.25) is 19.2 Å². The highest BCUT2D eigenvalue weighted by atomic mass is 16.5. The molecule has 1 aromatic rings. The lowest BCUT2D eigenvalue weighted by atomic mass is 10.1. The first-order valence-electron chi connectivity index (χ1n) is 8.57. The van der Waals surface area contributed by atoms with Crippen molar-refractivity contribution in [1.82, 2.24) is 10.6 Å². The minimum absolute atomic E-state index is 0.116. The van der Waals surface area contributed by atoms with Crippen LogP contribution in [0, 0.1) is 0 Å². The number of carbonyl (C=O) groups excluding carboxylic acids is 4. The van der Waals surface area contributed by atoms with Gasteiger partial charge >= 0.3 is 5.97 Å². The predicted octanol–water partition coefficient (Wildman–Crippen LogP) is 0.929. The van der Waals surface area contributed by atoms with Gasteiger partial charge in [-0.1, -0.05) is 18.7 Å². The summed E-state index contributed by atoms with van der Waals surface area (Å²) in [5.74, 6) is -1.06. The SMILES string of the molecule is C=CC(=O)Nc1ccc(CCC(=O)NCCC(=O)NCCC(=O)OC)cc1. The van der Waals surface area contributed by atoms with Crippen LogP contribution >= 0.6 is 0 Å². The number of rotatable bonds is 11. The molecule has 3 N–H and O–H groups in total. The maximum absolute atomic E-state index is 11.8. The summed E-state index contributed by atoms with van der Waals surface area (Å²) in [5.41, 5.74) is 1.62. The number of aryl methyl sites for hydroxylation is 1. The van der Waals surface area contributed by atoms with Crippen LogP contribution in [0.2, 0.25) is 0 Å². The topological polar surface area (TPSA) is 114 Å². The second-order valence-electron chi connectivity index (χ2n) is 5.67. The Balaban J connectivity index is 2.19. The Hall–Kier alpha value is -3.16. The molecule has 0 aliphatic heterocycles. The third-order valence-corrected chi connectivity index (χ3v) is 3.60. The zero-order chi connectivity index (χ0) is 20.1. The van der Waals surface area contributed by atoms with Crippen molar-refractivity contribution in [3.63, 3.8) is 0 Å². The minimum atomic E-state index is -0.389. The third-order valence-electron chi connectivity index (χ3n) is 3.60. The van der Waals surface area contributed by atoms with E-state index in [-0.39, 0.29) is 49.6 Å². The summed E-state index contributed by atoms with van der Waals surface area (Å²) in [4.78, 5) is 45.5. The van der Waals surface area contributed by atoms with Gasteiger partial charge in [0.25, 0.3) is 0 Å². The molecular weight excluding hydrogens is 350 g/mol. The zero-order valence-electron chi connectivity index (χ0n) is 15.4. The summed E-state index contributed by atoms with van der Waals surface area (Å²) in [6.45, 7) is 3.83. The molecule has 0 heterocycles. The highest BCUT2D eigenvalue weighted by Crippen LogP contribution is 2.11. The maximum atomic E-state index is 11.8. The van der Waals surface area contributed by atoms with Gasteiger partial charge in [0, 0.05) is 31.6 Å². The van der Waals surface area contributed by atoms with E-state index in [2.05, 4.69) is 27.3 Å². The molecular formula is C19H25N3O5. The van der Waals surface area contributed by atoms with E-state index < -0.39 is 0 Å². The van der Waals surface area contributed by atoms with Crippen molar-refractivity contribution in [2.75, 3.05) is 25.5 Å². The van der Waals surface area contributed by atoms with E-state index in [0.717, 1.165) is 5.56 Å². The Morgan fingerprint density at radius 1 is 0.963 bits per heavy atom. The monoisotopic (exact) mass is 375 g/mol. The van der Waals surface area contributed by atoms with E-state index in [1.807, 2.05) is 12.1 Å². The van der Waals surface area contributed by atoms with Crippen LogP contribution in [0.1, 0.15) is 24.8 Å². The molecule has 8 nitrogen and oxygen atoms in total. The van der Waals surface area contributed by atoms with Crippen LogP contribution in [0.25, 0.3) is 0 Å². The average molecular weight is 375 g/mol. The van der Waals surface area contributed by atoms with Crippen LogP contribution in [-0.2, 0) is 30.3 Å². The van der Waals surface area contributed by atoms with Gasteiger partial charge in [-0.25, -0.2) is 0 Å². The molecule has 146 valence electrons. The van der Waals surface area contributed by atoms with Gasteiger partial charge in [0.05, 0.1) is 13.5 Å². The van der Waals surface area contributed by atoms with E-state index in [4.69, 9.17) is 0 Å². The summed E-state index contributed by atoms with van der Waals surface area (Å²) in [6, 6.07) is 7.18. The Kier molecular flexibility index (Phi) is 9.92. The number of methoxy groups -OCH3 is 1. The predicted molar refractivity (Wildman–Crippen MR) is 101 cm³/mol. The van der Waals surface area contributed by atoms with Crippen LogP contribution in [0.3, 0.4) is 0 Å². The molecule has 0 fully saturated rings. The van der Waals surface area contributed by atoms with Crippen molar-refractivity contribution in [2.45, 2.75) is 25.7 Å². The van der Waals surface area contributed by atoms with Crippen molar-refractivity contribution in [1.29, 1.82) is 0 Å². The number of nitrogens with one attached hydrogen (secondary N) is 3. The molecule has 0 atom stereocenters. The molecule has 3 amide bonds. The molecule has 0 aliphatic carbocycles. The summed E-state index contributed by atoms with van der Waals surface area (Å²) in [7, 11) is 1.29. The number of hydrogen-bond acceptors (Lipinski definition) is 5. The Labute approximate surface area is 158 Å². The molecule has 27 heavy (non-hydrogen) atoms. The number of carbonyl (C=O) groups is 4. The molecule has 0 radical (unpaired) electrons. The van der Waals surface area contributed by atoms with E-state index in [1.54, 1.807) is 12.1 Å². The lowest BCUT2D eigenvalue weighted by Gasteiger charge is -2.07. The van der Waals surface area contributed by atoms with Crippen molar-refractivity contribution in [3.8, 4) is 0 Å². The summed E-state index contributed by atoms with van der Waals surface area (Å²) < 4.78 is 4.47. The largest absolute Gasteiger partial charge is 0.469 e. The second-order valence-corrected chi connectivity index (χ2v) is 5.67. The molecule has 0 aliphatic rings. The van der Waals surface area contributed by atoms with E-state index in [1.165, 1.54) is 13.2 Å². The number of esters is 1. The molecule has 0 saturated heterocycles. The van der Waals surface area contributed by atoms with E-state index >= 15 is 0 Å². The molecule has 1 aromatic carbocycles. The number of anilines is 1. The van der Waals surface area contributed by atoms with Gasteiger partial charge in [0.2, 0.25) is 17.7 Å². The second kappa shape index (κ2) is 12.2. The fourth-order valence-corrected chi connectivity index (χ4v) is 2.10. The number of hydrogen-bond donors (Lipinski definition) is 3. The standard InChI is InChI=1S/C19H25N3O5/c1-3-16(23)22-15-7-4-14(5-8-15)6-9-17(24)20-12-10-18(25)21-13-11-19(26)27-2/h3-5,7-8H,1,6,9-13H2,2H3,(H,20,24)(H,21,25)(H,22,23). The van der Waals surface area contributed by atoms with Crippen molar-refractivity contribution < 1.29 is 23.9 Å². The van der Waals surface area contributed by atoms with E-state index in [0.29, 0.717) is 18.5 Å². The smallest absolute Gasteiger partial charge is 0.307 e. The lowest BCUT2D eigenvalue weighted by molar-refractivity contribution is -0.140. The van der Waals surface area contributed by atoms with Gasteiger partial charge in [-0.15, -0.1) is 0 Å². The molecule has 0 spiro atoms.